The van der Waals surface area contributed by atoms with Crippen LogP contribution in [-0.4, -0.2) is 4.98 Å². The Morgan fingerprint density at radius 1 is 1.29 bits per heavy atom. The van der Waals surface area contributed by atoms with Crippen LogP contribution >= 0.6 is 23.1 Å². The van der Waals surface area contributed by atoms with E-state index in [1.54, 1.807) is 11.8 Å². The van der Waals surface area contributed by atoms with Gasteiger partial charge in [0.05, 0.1) is 5.69 Å². The van der Waals surface area contributed by atoms with Gasteiger partial charge in [0.1, 0.15) is 0 Å². The SMILES string of the molecule is Nc1nc(CSc2ccccc2)cs1. The standard InChI is InChI=1S/C10H10N2S2/c11-10-12-8(7-14-10)6-13-9-4-2-1-3-5-9/h1-5,7H,6H2,(H2,11,12). The lowest BCUT2D eigenvalue weighted by Crippen LogP contribution is -1.84. The maximum Gasteiger partial charge on any atom is 0.180 e. The quantitative estimate of drug-likeness (QED) is 0.811. The summed E-state index contributed by atoms with van der Waals surface area (Å²) >= 11 is 3.27. The third kappa shape index (κ3) is 2.49. The third-order valence-corrected chi connectivity index (χ3v) is 3.47. The number of nitrogen functional groups attached to an aromatic ring is 1. The predicted octanol–water partition coefficient (Wildman–Crippen LogP) is 3.02. The molecule has 0 aliphatic heterocycles. The number of anilines is 1. The van der Waals surface area contributed by atoms with Gasteiger partial charge in [-0.05, 0) is 12.1 Å². The second-order valence-corrected chi connectivity index (χ2v) is 4.72. The van der Waals surface area contributed by atoms with Gasteiger partial charge in [-0.2, -0.15) is 0 Å². The molecule has 2 aromatic rings. The van der Waals surface area contributed by atoms with Crippen molar-refractivity contribution >= 4 is 28.2 Å². The molecule has 0 saturated carbocycles. The molecule has 1 aromatic carbocycles. The monoisotopic (exact) mass is 222 g/mol. The summed E-state index contributed by atoms with van der Waals surface area (Å²) < 4.78 is 0. The summed E-state index contributed by atoms with van der Waals surface area (Å²) in [4.78, 5) is 5.46. The van der Waals surface area contributed by atoms with Crippen LogP contribution in [0.3, 0.4) is 0 Å². The van der Waals surface area contributed by atoms with Crippen molar-refractivity contribution in [3.05, 3.63) is 41.4 Å². The molecule has 4 heteroatoms. The number of hydrogen-bond donors (Lipinski definition) is 1. The highest BCUT2D eigenvalue weighted by atomic mass is 32.2. The summed E-state index contributed by atoms with van der Waals surface area (Å²) in [6, 6.07) is 10.3. The molecular weight excluding hydrogens is 212 g/mol. The van der Waals surface area contributed by atoms with Gasteiger partial charge in [-0.1, -0.05) is 18.2 Å². The van der Waals surface area contributed by atoms with Crippen LogP contribution in [0.1, 0.15) is 5.69 Å². The van der Waals surface area contributed by atoms with Crippen molar-refractivity contribution in [2.24, 2.45) is 0 Å². The maximum atomic E-state index is 5.55. The number of aromatic nitrogens is 1. The molecule has 14 heavy (non-hydrogen) atoms. The zero-order chi connectivity index (χ0) is 9.80. The van der Waals surface area contributed by atoms with E-state index >= 15 is 0 Å². The van der Waals surface area contributed by atoms with E-state index in [2.05, 4.69) is 17.1 Å². The molecule has 0 saturated heterocycles. The zero-order valence-electron chi connectivity index (χ0n) is 7.51. The number of nitrogens with zero attached hydrogens (tertiary/aromatic N) is 1. The smallest absolute Gasteiger partial charge is 0.180 e. The minimum atomic E-state index is 0.647. The molecule has 0 unspecified atom stereocenters. The van der Waals surface area contributed by atoms with Gasteiger partial charge < -0.3 is 5.73 Å². The van der Waals surface area contributed by atoms with Crippen molar-refractivity contribution in [1.29, 1.82) is 0 Å². The van der Waals surface area contributed by atoms with Crippen molar-refractivity contribution in [2.45, 2.75) is 10.6 Å². The van der Waals surface area contributed by atoms with Gasteiger partial charge >= 0.3 is 0 Å². The molecule has 2 N–H and O–H groups in total. The summed E-state index contributed by atoms with van der Waals surface area (Å²) in [6.45, 7) is 0. The highest BCUT2D eigenvalue weighted by Crippen LogP contribution is 2.23. The van der Waals surface area contributed by atoms with Gasteiger partial charge in [0.15, 0.2) is 5.13 Å². The van der Waals surface area contributed by atoms with Gasteiger partial charge in [-0.15, -0.1) is 23.1 Å². The molecule has 0 aliphatic rings. The molecule has 0 spiro atoms. The lowest BCUT2D eigenvalue weighted by molar-refractivity contribution is 1.24. The van der Waals surface area contributed by atoms with Crippen LogP contribution in [0.25, 0.3) is 0 Å². The second-order valence-electron chi connectivity index (χ2n) is 2.78. The highest BCUT2D eigenvalue weighted by molar-refractivity contribution is 7.98. The molecule has 1 aromatic heterocycles. The molecule has 2 nitrogen and oxygen atoms in total. The largest absolute Gasteiger partial charge is 0.375 e. The van der Waals surface area contributed by atoms with E-state index in [-0.39, 0.29) is 0 Å². The minimum Gasteiger partial charge on any atom is -0.375 e. The maximum absolute atomic E-state index is 5.55. The van der Waals surface area contributed by atoms with Gasteiger partial charge in [0, 0.05) is 16.0 Å². The number of thiazole rings is 1. The normalized spacial score (nSPS) is 10.3. The second kappa shape index (κ2) is 4.48. The van der Waals surface area contributed by atoms with Crippen LogP contribution in [0, 0.1) is 0 Å². The molecule has 0 fully saturated rings. The van der Waals surface area contributed by atoms with E-state index in [1.165, 1.54) is 16.2 Å². The van der Waals surface area contributed by atoms with E-state index in [1.807, 2.05) is 23.6 Å². The Labute approximate surface area is 91.2 Å². The fourth-order valence-electron chi connectivity index (χ4n) is 1.06. The van der Waals surface area contributed by atoms with Crippen molar-refractivity contribution in [3.63, 3.8) is 0 Å². The summed E-state index contributed by atoms with van der Waals surface area (Å²) in [5.41, 5.74) is 6.60. The van der Waals surface area contributed by atoms with E-state index in [4.69, 9.17) is 5.73 Å². The third-order valence-electron chi connectivity index (χ3n) is 1.70. The Kier molecular flexibility index (Phi) is 3.06. The first-order valence-corrected chi connectivity index (χ1v) is 6.09. The Bertz CT molecular complexity index is 398. The van der Waals surface area contributed by atoms with Crippen LogP contribution in [-0.2, 0) is 5.75 Å². The molecule has 2 rings (SSSR count). The number of benzene rings is 1. The van der Waals surface area contributed by atoms with Gasteiger partial charge in [0.2, 0.25) is 0 Å². The van der Waals surface area contributed by atoms with Gasteiger partial charge in [-0.3, -0.25) is 0 Å². The summed E-state index contributed by atoms with van der Waals surface area (Å²) in [5.74, 6) is 0.887. The molecule has 1 heterocycles. The number of rotatable bonds is 3. The first kappa shape index (κ1) is 9.55. The Morgan fingerprint density at radius 3 is 2.71 bits per heavy atom. The molecule has 0 atom stereocenters. The predicted molar refractivity (Wildman–Crippen MR) is 62.5 cm³/mol. The number of nitrogens with two attached hydrogens (primary N) is 1. The van der Waals surface area contributed by atoms with Crippen LogP contribution in [0.15, 0.2) is 40.6 Å². The first-order valence-electron chi connectivity index (χ1n) is 4.22. The van der Waals surface area contributed by atoms with E-state index in [0.29, 0.717) is 5.13 Å². The summed E-state index contributed by atoms with van der Waals surface area (Å²) in [6.07, 6.45) is 0. The molecule has 0 bridgehead atoms. The highest BCUT2D eigenvalue weighted by Gasteiger charge is 1.99. The van der Waals surface area contributed by atoms with Crippen LogP contribution in [0.4, 0.5) is 5.13 Å². The van der Waals surface area contributed by atoms with Crippen molar-refractivity contribution in [1.82, 2.24) is 4.98 Å². The Hall–Kier alpha value is -1.00. The lowest BCUT2D eigenvalue weighted by atomic mass is 10.4. The molecule has 0 aliphatic carbocycles. The Morgan fingerprint density at radius 2 is 2.07 bits per heavy atom. The van der Waals surface area contributed by atoms with Crippen molar-refractivity contribution in [3.8, 4) is 0 Å². The Balaban J connectivity index is 1.95. The molecule has 0 amide bonds. The van der Waals surface area contributed by atoms with Crippen molar-refractivity contribution in [2.75, 3.05) is 5.73 Å². The zero-order valence-corrected chi connectivity index (χ0v) is 9.15. The van der Waals surface area contributed by atoms with Crippen LogP contribution in [0.2, 0.25) is 0 Å². The summed E-state index contributed by atoms with van der Waals surface area (Å²) in [7, 11) is 0. The molecular formula is C10H10N2S2. The van der Waals surface area contributed by atoms with Crippen molar-refractivity contribution < 1.29 is 0 Å². The van der Waals surface area contributed by atoms with E-state index in [9.17, 15) is 0 Å². The van der Waals surface area contributed by atoms with E-state index in [0.717, 1.165) is 11.4 Å². The van der Waals surface area contributed by atoms with E-state index < -0.39 is 0 Å². The van der Waals surface area contributed by atoms with Gasteiger partial charge in [0.25, 0.3) is 0 Å². The molecule has 72 valence electrons. The van der Waals surface area contributed by atoms with Crippen LogP contribution in [0.5, 0.6) is 0 Å². The molecule has 0 radical (unpaired) electrons. The topological polar surface area (TPSA) is 38.9 Å². The average molecular weight is 222 g/mol. The van der Waals surface area contributed by atoms with Gasteiger partial charge in [-0.25, -0.2) is 4.98 Å². The lowest BCUT2D eigenvalue weighted by Gasteiger charge is -1.97. The summed E-state index contributed by atoms with van der Waals surface area (Å²) in [5, 5.41) is 2.65. The first-order chi connectivity index (χ1) is 6.84. The fourth-order valence-corrected chi connectivity index (χ4v) is 2.54. The van der Waals surface area contributed by atoms with Crippen LogP contribution < -0.4 is 5.73 Å². The average Bonchev–Trinajstić information content (AvgIpc) is 2.63. The fraction of sp³-hybridized carbons (Fsp3) is 0.100. The minimum absolute atomic E-state index is 0.647. The number of hydrogen-bond acceptors (Lipinski definition) is 4. The number of thioether (sulfide) groups is 1.